The molecule has 0 aliphatic carbocycles. The van der Waals surface area contributed by atoms with Gasteiger partial charge < -0.3 is 21.3 Å². The summed E-state index contributed by atoms with van der Waals surface area (Å²) in [6.07, 6.45) is 1.84. The van der Waals surface area contributed by atoms with Crippen LogP contribution < -0.4 is 21.3 Å². The standard InChI is InChI=1S/C24H34N4O4S/c1-5-17(3)25-15-23(29)27-19-7-11-21(12-8-19)33(31,32)22-13-9-20(10-14-22)28-24(30)16-26-18(4)6-2/h7-14,17-18,25-26H,5-6,15-16H2,1-4H3,(H,27,29)(H,28,30)/t17-,18+. The van der Waals surface area contributed by atoms with Gasteiger partial charge in [0.2, 0.25) is 21.7 Å². The molecule has 0 aromatic heterocycles. The molecule has 0 saturated heterocycles. The van der Waals surface area contributed by atoms with E-state index < -0.39 is 9.84 Å². The Morgan fingerprint density at radius 3 is 1.33 bits per heavy atom. The van der Waals surface area contributed by atoms with Gasteiger partial charge in [0, 0.05) is 23.5 Å². The third-order valence-electron chi connectivity index (χ3n) is 5.34. The zero-order valence-electron chi connectivity index (χ0n) is 19.6. The molecule has 0 aliphatic rings. The Kier molecular flexibility index (Phi) is 10.0. The molecule has 0 radical (unpaired) electrons. The number of carbonyl (C=O) groups is 2. The summed E-state index contributed by atoms with van der Waals surface area (Å²) in [6.45, 7) is 8.43. The van der Waals surface area contributed by atoms with Crippen molar-refractivity contribution in [3.63, 3.8) is 0 Å². The van der Waals surface area contributed by atoms with Crippen LogP contribution in [0.4, 0.5) is 11.4 Å². The Bertz CT molecular complexity index is 944. The molecule has 4 N–H and O–H groups in total. The number of hydrogen-bond donors (Lipinski definition) is 4. The van der Waals surface area contributed by atoms with Crippen LogP contribution in [0.25, 0.3) is 0 Å². The largest absolute Gasteiger partial charge is 0.325 e. The second-order valence-corrected chi connectivity index (χ2v) is 9.98. The lowest BCUT2D eigenvalue weighted by Gasteiger charge is -2.12. The van der Waals surface area contributed by atoms with Gasteiger partial charge in [-0.2, -0.15) is 0 Å². The van der Waals surface area contributed by atoms with Gasteiger partial charge in [0.05, 0.1) is 22.9 Å². The van der Waals surface area contributed by atoms with Gasteiger partial charge in [0.15, 0.2) is 0 Å². The van der Waals surface area contributed by atoms with Gasteiger partial charge in [-0.25, -0.2) is 8.42 Å². The van der Waals surface area contributed by atoms with Crippen molar-refractivity contribution < 1.29 is 18.0 Å². The number of amides is 2. The Balaban J connectivity index is 1.98. The fraction of sp³-hybridized carbons (Fsp3) is 0.417. The second-order valence-electron chi connectivity index (χ2n) is 8.03. The normalized spacial score (nSPS) is 13.2. The Morgan fingerprint density at radius 1 is 0.697 bits per heavy atom. The number of rotatable bonds is 12. The van der Waals surface area contributed by atoms with Crippen LogP contribution in [0.5, 0.6) is 0 Å². The molecule has 9 heteroatoms. The lowest BCUT2D eigenvalue weighted by Crippen LogP contribution is -2.33. The van der Waals surface area contributed by atoms with Gasteiger partial charge >= 0.3 is 0 Å². The van der Waals surface area contributed by atoms with Crippen molar-refractivity contribution in [1.29, 1.82) is 0 Å². The van der Waals surface area contributed by atoms with Crippen LogP contribution in [0.2, 0.25) is 0 Å². The highest BCUT2D eigenvalue weighted by atomic mass is 32.2. The number of hydrogen-bond acceptors (Lipinski definition) is 6. The highest BCUT2D eigenvalue weighted by Gasteiger charge is 2.18. The summed E-state index contributed by atoms with van der Waals surface area (Å²) in [6, 6.07) is 12.6. The fourth-order valence-electron chi connectivity index (χ4n) is 2.80. The van der Waals surface area contributed by atoms with Gasteiger partial charge in [-0.15, -0.1) is 0 Å². The van der Waals surface area contributed by atoms with Crippen molar-refractivity contribution in [3.05, 3.63) is 48.5 Å². The first-order valence-electron chi connectivity index (χ1n) is 11.2. The van der Waals surface area contributed by atoms with Gasteiger partial charge in [-0.1, -0.05) is 13.8 Å². The summed E-state index contributed by atoms with van der Waals surface area (Å²) in [5.74, 6) is -0.384. The Hall–Kier alpha value is -2.75. The summed E-state index contributed by atoms with van der Waals surface area (Å²) < 4.78 is 25.9. The maximum atomic E-state index is 12.9. The van der Waals surface area contributed by atoms with Crippen molar-refractivity contribution in [1.82, 2.24) is 10.6 Å². The number of nitrogens with one attached hydrogen (secondary N) is 4. The molecule has 180 valence electrons. The monoisotopic (exact) mass is 474 g/mol. The van der Waals surface area contributed by atoms with Crippen LogP contribution >= 0.6 is 0 Å². The highest BCUT2D eigenvalue weighted by Crippen LogP contribution is 2.23. The molecule has 2 rings (SSSR count). The lowest BCUT2D eigenvalue weighted by molar-refractivity contribution is -0.116. The Morgan fingerprint density at radius 2 is 1.03 bits per heavy atom. The molecule has 33 heavy (non-hydrogen) atoms. The average molecular weight is 475 g/mol. The van der Waals surface area contributed by atoms with E-state index in [1.165, 1.54) is 24.3 Å². The molecule has 2 aromatic carbocycles. The zero-order chi connectivity index (χ0) is 24.4. The molecular weight excluding hydrogens is 440 g/mol. The van der Waals surface area contributed by atoms with E-state index in [9.17, 15) is 18.0 Å². The first kappa shape index (κ1) is 26.5. The molecule has 0 bridgehead atoms. The van der Waals surface area contributed by atoms with E-state index in [1.54, 1.807) is 24.3 Å². The summed E-state index contributed by atoms with van der Waals surface area (Å²) in [5, 5.41) is 11.7. The maximum Gasteiger partial charge on any atom is 0.238 e. The smallest absolute Gasteiger partial charge is 0.238 e. The van der Waals surface area contributed by atoms with Crippen LogP contribution in [0.1, 0.15) is 40.5 Å². The van der Waals surface area contributed by atoms with Crippen molar-refractivity contribution in [3.8, 4) is 0 Å². The highest BCUT2D eigenvalue weighted by molar-refractivity contribution is 7.91. The molecule has 0 fully saturated rings. The molecule has 2 aromatic rings. The molecule has 0 heterocycles. The van der Waals surface area contributed by atoms with Crippen LogP contribution in [0.15, 0.2) is 58.3 Å². The van der Waals surface area contributed by atoms with Gasteiger partial charge in [0.25, 0.3) is 0 Å². The molecule has 0 unspecified atom stereocenters. The van der Waals surface area contributed by atoms with Crippen LogP contribution in [0.3, 0.4) is 0 Å². The fourth-order valence-corrected chi connectivity index (χ4v) is 4.06. The first-order chi connectivity index (χ1) is 15.6. The molecule has 8 nitrogen and oxygen atoms in total. The van der Waals surface area contributed by atoms with Gasteiger partial charge in [-0.05, 0) is 75.2 Å². The molecule has 2 atom stereocenters. The average Bonchev–Trinajstić information content (AvgIpc) is 2.81. The number of benzene rings is 2. The van der Waals surface area contributed by atoms with E-state index in [0.717, 1.165) is 12.8 Å². The van der Waals surface area contributed by atoms with E-state index in [2.05, 4.69) is 21.3 Å². The van der Waals surface area contributed by atoms with Crippen LogP contribution in [0, 0.1) is 0 Å². The Labute approximate surface area is 196 Å². The number of carbonyl (C=O) groups excluding carboxylic acids is 2. The second kappa shape index (κ2) is 12.5. The first-order valence-corrected chi connectivity index (χ1v) is 12.7. The van der Waals surface area contributed by atoms with E-state index >= 15 is 0 Å². The van der Waals surface area contributed by atoms with E-state index in [0.29, 0.717) is 11.4 Å². The van der Waals surface area contributed by atoms with Gasteiger partial charge in [-0.3, -0.25) is 9.59 Å². The quantitative estimate of drug-likeness (QED) is 0.375. The van der Waals surface area contributed by atoms with E-state index in [-0.39, 0.29) is 46.8 Å². The molecule has 0 saturated carbocycles. The summed E-state index contributed by atoms with van der Waals surface area (Å²) in [5.41, 5.74) is 1.04. The van der Waals surface area contributed by atoms with Crippen molar-refractivity contribution in [2.45, 2.75) is 62.4 Å². The van der Waals surface area contributed by atoms with Crippen molar-refractivity contribution >= 4 is 33.0 Å². The maximum absolute atomic E-state index is 12.9. The van der Waals surface area contributed by atoms with Crippen LogP contribution in [-0.2, 0) is 19.4 Å². The topological polar surface area (TPSA) is 116 Å². The predicted octanol–water partition coefficient (Wildman–Crippen LogP) is 3.17. The third-order valence-corrected chi connectivity index (χ3v) is 7.13. The molecular formula is C24H34N4O4S. The minimum absolute atomic E-state index is 0.118. The van der Waals surface area contributed by atoms with Crippen molar-refractivity contribution in [2.24, 2.45) is 0 Å². The van der Waals surface area contributed by atoms with E-state index in [4.69, 9.17) is 0 Å². The summed E-state index contributed by atoms with van der Waals surface area (Å²) >= 11 is 0. The predicted molar refractivity (Wildman–Crippen MR) is 131 cm³/mol. The molecule has 2 amide bonds. The van der Waals surface area contributed by atoms with Crippen molar-refractivity contribution in [2.75, 3.05) is 23.7 Å². The third kappa shape index (κ3) is 8.27. The zero-order valence-corrected chi connectivity index (χ0v) is 20.5. The summed E-state index contributed by atoms with van der Waals surface area (Å²) in [4.78, 5) is 24.3. The van der Waals surface area contributed by atoms with Gasteiger partial charge in [0.1, 0.15) is 0 Å². The minimum Gasteiger partial charge on any atom is -0.325 e. The number of anilines is 2. The molecule has 0 spiro atoms. The summed E-state index contributed by atoms with van der Waals surface area (Å²) in [7, 11) is -3.73. The molecule has 0 aliphatic heterocycles. The van der Waals surface area contributed by atoms with E-state index in [1.807, 2.05) is 27.7 Å². The SMILES string of the molecule is CC[C@@H](C)NCC(=O)Nc1ccc(S(=O)(=O)c2ccc(NC(=O)CN[C@@H](C)CC)cc2)cc1. The van der Waals surface area contributed by atoms with Crippen LogP contribution in [-0.4, -0.2) is 45.4 Å². The lowest BCUT2D eigenvalue weighted by atomic mass is 10.2. The minimum atomic E-state index is -3.73. The number of sulfone groups is 1.